The van der Waals surface area contributed by atoms with E-state index in [-0.39, 0.29) is 12.5 Å². The first kappa shape index (κ1) is 31.8. The number of para-hydroxylation sites is 1. The van der Waals surface area contributed by atoms with Crippen molar-refractivity contribution >= 4 is 57.3 Å². The zero-order valence-corrected chi connectivity index (χ0v) is 27.2. The molecule has 3 aromatic carbocycles. The molecule has 1 heterocycles. The van der Waals surface area contributed by atoms with Gasteiger partial charge < -0.3 is 14.8 Å². The second-order valence-electron chi connectivity index (χ2n) is 10.6. The molecule has 0 aliphatic heterocycles. The van der Waals surface area contributed by atoms with Crippen LogP contribution in [0.1, 0.15) is 70.1 Å². The number of nitrogens with zero attached hydrogens (tertiary/aromatic N) is 1. The summed E-state index contributed by atoms with van der Waals surface area (Å²) in [4.78, 5) is 19.9. The van der Waals surface area contributed by atoms with Gasteiger partial charge >= 0.3 is 0 Å². The first-order chi connectivity index (χ1) is 21.5. The van der Waals surface area contributed by atoms with Gasteiger partial charge in [0.05, 0.1) is 12.2 Å². The van der Waals surface area contributed by atoms with Crippen LogP contribution in [0.4, 0.5) is 10.7 Å². The van der Waals surface area contributed by atoms with Crippen LogP contribution >= 0.6 is 34.5 Å². The maximum atomic E-state index is 13.7. The van der Waals surface area contributed by atoms with E-state index in [0.29, 0.717) is 40.1 Å². The van der Waals surface area contributed by atoms with E-state index in [1.165, 1.54) is 17.7 Å². The normalized spacial score (nSPS) is 13.2. The highest BCUT2D eigenvalue weighted by molar-refractivity contribution is 7.16. The summed E-state index contributed by atoms with van der Waals surface area (Å²) >= 11 is 14.1. The summed E-state index contributed by atoms with van der Waals surface area (Å²) < 4.78 is 12.3. The minimum Gasteiger partial charge on any atom is -0.490 e. The number of aryl methyl sites for hydroxylation is 1. The van der Waals surface area contributed by atoms with E-state index >= 15 is 0 Å². The number of allylic oxidation sites excluding steroid dienone is 1. The van der Waals surface area contributed by atoms with Crippen molar-refractivity contribution in [1.29, 1.82) is 0 Å². The molecule has 0 saturated heterocycles. The summed E-state index contributed by atoms with van der Waals surface area (Å²) in [5, 5.41) is 4.94. The Kier molecular flexibility index (Phi) is 11.2. The second kappa shape index (κ2) is 15.4. The largest absolute Gasteiger partial charge is 0.490 e. The van der Waals surface area contributed by atoms with E-state index in [9.17, 15) is 4.79 Å². The van der Waals surface area contributed by atoms with E-state index in [1.54, 1.807) is 23.5 Å². The smallest absolute Gasteiger partial charge is 0.259 e. The highest BCUT2D eigenvalue weighted by atomic mass is 35.5. The molecule has 1 aliphatic rings. The fraction of sp³-hybridized carbons (Fsp3) is 0.278. The van der Waals surface area contributed by atoms with Crippen molar-refractivity contribution in [1.82, 2.24) is 0 Å². The standard InChI is InChI=1S/C36H36Cl2N2O3S/c1-3-12-25-19-24(20-31(42-4-2)34(25)43-23-26-17-18-27(37)21-30(26)38)22-39-36-33(35(41)40-28-13-8-7-9-14-28)29-15-10-5-6-11-16-32(29)44-36/h3,7-9,13-14,17-22H,1,4-6,10-12,15-16,23H2,2H3,(H,40,41). The lowest BCUT2D eigenvalue weighted by atomic mass is 9.96. The van der Waals surface area contributed by atoms with Crippen LogP contribution in [0.3, 0.4) is 0 Å². The summed E-state index contributed by atoms with van der Waals surface area (Å²) in [6, 6.07) is 18.9. The molecule has 1 aromatic heterocycles. The Hall–Kier alpha value is -3.58. The van der Waals surface area contributed by atoms with Crippen LogP contribution in [0.25, 0.3) is 0 Å². The molecule has 1 N–H and O–H groups in total. The number of anilines is 1. The van der Waals surface area contributed by atoms with E-state index in [1.807, 2.05) is 67.7 Å². The number of thiophene rings is 1. The molecule has 0 fully saturated rings. The van der Waals surface area contributed by atoms with Crippen molar-refractivity contribution in [3.8, 4) is 11.5 Å². The highest BCUT2D eigenvalue weighted by Crippen LogP contribution is 2.40. The summed E-state index contributed by atoms with van der Waals surface area (Å²) in [5.41, 5.74) is 5.17. The molecule has 1 aliphatic carbocycles. The van der Waals surface area contributed by atoms with Gasteiger partial charge in [-0.15, -0.1) is 17.9 Å². The van der Waals surface area contributed by atoms with Crippen LogP contribution in [0.2, 0.25) is 10.0 Å². The summed E-state index contributed by atoms with van der Waals surface area (Å²) in [5.74, 6) is 1.13. The average molecular weight is 648 g/mol. The fourth-order valence-corrected chi connectivity index (χ4v) is 7.05. The molecule has 0 spiro atoms. The Morgan fingerprint density at radius 2 is 1.80 bits per heavy atom. The lowest BCUT2D eigenvalue weighted by Gasteiger charge is -2.17. The van der Waals surface area contributed by atoms with E-state index in [2.05, 4.69) is 11.9 Å². The molecular weight excluding hydrogens is 611 g/mol. The van der Waals surface area contributed by atoms with Gasteiger partial charge in [0.15, 0.2) is 11.5 Å². The molecule has 4 aromatic rings. The Morgan fingerprint density at radius 1 is 1.00 bits per heavy atom. The van der Waals surface area contributed by atoms with Gasteiger partial charge in [0, 0.05) is 38.0 Å². The molecule has 8 heteroatoms. The van der Waals surface area contributed by atoms with Crippen LogP contribution in [0.5, 0.6) is 11.5 Å². The number of fused-ring (bicyclic) bond motifs is 1. The first-order valence-corrected chi connectivity index (χ1v) is 16.6. The third-order valence-electron chi connectivity index (χ3n) is 7.45. The van der Waals surface area contributed by atoms with Crippen LogP contribution in [-0.4, -0.2) is 18.7 Å². The topological polar surface area (TPSA) is 59.9 Å². The molecule has 0 bridgehead atoms. The number of halogens is 2. The molecule has 44 heavy (non-hydrogen) atoms. The number of hydrogen-bond acceptors (Lipinski definition) is 5. The van der Waals surface area contributed by atoms with Gasteiger partial charge in [-0.1, -0.05) is 66.4 Å². The number of benzene rings is 3. The predicted molar refractivity (Wildman–Crippen MR) is 184 cm³/mol. The molecular formula is C36H36Cl2N2O3S. The summed E-state index contributed by atoms with van der Waals surface area (Å²) in [6.07, 6.45) is 10.7. The Morgan fingerprint density at radius 3 is 2.55 bits per heavy atom. The zero-order valence-electron chi connectivity index (χ0n) is 24.8. The Balaban J connectivity index is 1.49. The number of rotatable bonds is 11. The van der Waals surface area contributed by atoms with Crippen molar-refractivity contribution in [3.63, 3.8) is 0 Å². The maximum absolute atomic E-state index is 13.7. The molecule has 0 atom stereocenters. The summed E-state index contributed by atoms with van der Waals surface area (Å²) in [6.45, 7) is 6.61. The average Bonchev–Trinajstić information content (AvgIpc) is 3.33. The molecule has 0 saturated carbocycles. The first-order valence-electron chi connectivity index (χ1n) is 15.0. The molecule has 0 unspecified atom stereocenters. The zero-order chi connectivity index (χ0) is 30.9. The van der Waals surface area contributed by atoms with Gasteiger partial charge in [-0.2, -0.15) is 0 Å². The van der Waals surface area contributed by atoms with E-state index in [0.717, 1.165) is 58.6 Å². The van der Waals surface area contributed by atoms with E-state index < -0.39 is 0 Å². The third-order valence-corrected chi connectivity index (χ3v) is 9.23. The number of aliphatic imine (C=N–C) groups is 1. The number of ether oxygens (including phenoxy) is 2. The van der Waals surface area contributed by atoms with Crippen LogP contribution in [0, 0.1) is 0 Å². The maximum Gasteiger partial charge on any atom is 0.259 e. The summed E-state index contributed by atoms with van der Waals surface area (Å²) in [7, 11) is 0. The number of amides is 1. The number of nitrogens with one attached hydrogen (secondary N) is 1. The van der Waals surface area contributed by atoms with Crippen LogP contribution in [0.15, 0.2) is 78.3 Å². The Bertz CT molecular complexity index is 1650. The molecule has 228 valence electrons. The predicted octanol–water partition coefficient (Wildman–Crippen LogP) is 10.4. The van der Waals surface area contributed by atoms with Gasteiger partial charge in [-0.3, -0.25) is 4.79 Å². The quantitative estimate of drug-likeness (QED) is 0.130. The fourth-order valence-electron chi connectivity index (χ4n) is 5.36. The molecule has 0 radical (unpaired) electrons. The van der Waals surface area contributed by atoms with Crippen LogP contribution in [-0.2, 0) is 25.9 Å². The van der Waals surface area contributed by atoms with Gasteiger partial charge in [0.2, 0.25) is 0 Å². The molecule has 5 nitrogen and oxygen atoms in total. The Labute approximate surface area is 273 Å². The second-order valence-corrected chi connectivity index (χ2v) is 12.6. The minimum absolute atomic E-state index is 0.117. The third kappa shape index (κ3) is 7.92. The van der Waals surface area contributed by atoms with Crippen molar-refractivity contribution in [2.24, 2.45) is 4.99 Å². The van der Waals surface area contributed by atoms with Crippen molar-refractivity contribution in [2.75, 3.05) is 11.9 Å². The van der Waals surface area contributed by atoms with Gasteiger partial charge in [-0.05, 0) is 86.6 Å². The number of carbonyl (C=O) groups is 1. The van der Waals surface area contributed by atoms with E-state index in [4.69, 9.17) is 37.7 Å². The van der Waals surface area contributed by atoms with Crippen molar-refractivity contribution in [2.45, 2.75) is 58.5 Å². The molecule has 1 amide bonds. The van der Waals surface area contributed by atoms with Gasteiger partial charge in [0.25, 0.3) is 5.91 Å². The lowest BCUT2D eigenvalue weighted by Crippen LogP contribution is -2.14. The number of carbonyl (C=O) groups excluding carboxylic acids is 1. The highest BCUT2D eigenvalue weighted by Gasteiger charge is 2.24. The monoisotopic (exact) mass is 646 g/mol. The van der Waals surface area contributed by atoms with Crippen molar-refractivity contribution < 1.29 is 14.3 Å². The number of hydrogen-bond donors (Lipinski definition) is 1. The SMILES string of the molecule is C=CCc1cc(C=Nc2sc3c(c2C(=O)Nc2ccccc2)CCCCCC3)cc(OCC)c1OCc1ccc(Cl)cc1Cl. The van der Waals surface area contributed by atoms with Gasteiger partial charge in [0.1, 0.15) is 11.6 Å². The minimum atomic E-state index is -0.117. The van der Waals surface area contributed by atoms with Crippen LogP contribution < -0.4 is 14.8 Å². The van der Waals surface area contributed by atoms with Gasteiger partial charge in [-0.25, -0.2) is 4.99 Å². The van der Waals surface area contributed by atoms with Crippen molar-refractivity contribution in [3.05, 3.63) is 116 Å². The molecule has 5 rings (SSSR count). The lowest BCUT2D eigenvalue weighted by molar-refractivity contribution is 0.102.